The van der Waals surface area contributed by atoms with Gasteiger partial charge in [-0.25, -0.2) is 0 Å². The number of aliphatic hydroxyl groups excluding tert-OH is 1. The number of aromatic nitrogens is 1. The van der Waals surface area contributed by atoms with E-state index in [2.05, 4.69) is 16.0 Å². The number of rotatable bonds is 3. The van der Waals surface area contributed by atoms with Crippen molar-refractivity contribution in [1.29, 1.82) is 5.26 Å². The standard InChI is InChI=1S/C12H15N3O/c13-7-11-1-4-14-8-12(11)15-5-2-10(9-15)3-6-16/h1,4,8,10,16H,2-3,5-6,9H2. The van der Waals surface area contributed by atoms with Gasteiger partial charge >= 0.3 is 0 Å². The summed E-state index contributed by atoms with van der Waals surface area (Å²) in [5.74, 6) is 0.539. The second-order valence-electron chi connectivity index (χ2n) is 4.12. The van der Waals surface area contributed by atoms with Crippen molar-refractivity contribution in [3.05, 3.63) is 24.0 Å². The second kappa shape index (κ2) is 4.95. The summed E-state index contributed by atoms with van der Waals surface area (Å²) in [5, 5.41) is 17.9. The van der Waals surface area contributed by atoms with Crippen molar-refractivity contribution in [3.8, 4) is 6.07 Å². The fourth-order valence-corrected chi connectivity index (χ4v) is 2.20. The van der Waals surface area contributed by atoms with Crippen molar-refractivity contribution in [1.82, 2.24) is 4.98 Å². The van der Waals surface area contributed by atoms with Crippen molar-refractivity contribution in [2.45, 2.75) is 12.8 Å². The molecular formula is C12H15N3O. The predicted molar refractivity (Wildman–Crippen MR) is 61.0 cm³/mol. The van der Waals surface area contributed by atoms with Gasteiger partial charge in [-0.2, -0.15) is 5.26 Å². The lowest BCUT2D eigenvalue weighted by molar-refractivity contribution is 0.263. The molecular weight excluding hydrogens is 202 g/mol. The Morgan fingerprint density at radius 1 is 1.62 bits per heavy atom. The number of hydrogen-bond acceptors (Lipinski definition) is 4. The topological polar surface area (TPSA) is 60.2 Å². The normalized spacial score (nSPS) is 19.8. The molecule has 2 rings (SSSR count). The molecule has 0 aliphatic carbocycles. The number of nitrogens with zero attached hydrogens (tertiary/aromatic N) is 3. The van der Waals surface area contributed by atoms with Crippen molar-refractivity contribution < 1.29 is 5.11 Å². The highest BCUT2D eigenvalue weighted by atomic mass is 16.3. The van der Waals surface area contributed by atoms with E-state index in [1.807, 2.05) is 0 Å². The first-order chi connectivity index (χ1) is 7.85. The molecule has 0 bridgehead atoms. The molecule has 1 aromatic heterocycles. The average Bonchev–Trinajstić information content (AvgIpc) is 2.78. The first-order valence-corrected chi connectivity index (χ1v) is 5.55. The minimum absolute atomic E-state index is 0.247. The molecule has 1 aromatic rings. The van der Waals surface area contributed by atoms with Gasteiger partial charge in [0.25, 0.3) is 0 Å². The Hall–Kier alpha value is -1.60. The molecule has 0 aromatic carbocycles. The molecule has 4 nitrogen and oxygen atoms in total. The quantitative estimate of drug-likeness (QED) is 0.825. The highest BCUT2D eigenvalue weighted by Crippen LogP contribution is 2.27. The Morgan fingerprint density at radius 2 is 2.50 bits per heavy atom. The van der Waals surface area contributed by atoms with Crippen LogP contribution in [0.3, 0.4) is 0 Å². The largest absolute Gasteiger partial charge is 0.396 e. The molecule has 1 atom stereocenters. The van der Waals surface area contributed by atoms with E-state index in [1.54, 1.807) is 18.5 Å². The molecule has 1 aliphatic heterocycles. The van der Waals surface area contributed by atoms with E-state index in [-0.39, 0.29) is 6.61 Å². The molecule has 16 heavy (non-hydrogen) atoms. The summed E-state index contributed by atoms with van der Waals surface area (Å²) in [4.78, 5) is 6.25. The van der Waals surface area contributed by atoms with Gasteiger partial charge in [0.1, 0.15) is 6.07 Å². The highest BCUT2D eigenvalue weighted by molar-refractivity contribution is 5.58. The molecule has 1 aliphatic rings. The number of hydrogen-bond donors (Lipinski definition) is 1. The van der Waals surface area contributed by atoms with Crippen molar-refractivity contribution in [2.24, 2.45) is 5.92 Å². The van der Waals surface area contributed by atoms with E-state index in [1.165, 1.54) is 0 Å². The number of nitriles is 1. The molecule has 1 fully saturated rings. The van der Waals surface area contributed by atoms with Crippen LogP contribution in [0.2, 0.25) is 0 Å². The fourth-order valence-electron chi connectivity index (χ4n) is 2.20. The second-order valence-corrected chi connectivity index (χ2v) is 4.12. The number of pyridine rings is 1. The Labute approximate surface area is 95.1 Å². The van der Waals surface area contributed by atoms with Gasteiger partial charge < -0.3 is 10.0 Å². The monoisotopic (exact) mass is 217 g/mol. The molecule has 1 saturated heterocycles. The van der Waals surface area contributed by atoms with Gasteiger partial charge in [0.2, 0.25) is 0 Å². The van der Waals surface area contributed by atoms with Crippen LogP contribution in [0.15, 0.2) is 18.5 Å². The highest BCUT2D eigenvalue weighted by Gasteiger charge is 2.23. The van der Waals surface area contributed by atoms with E-state index < -0.39 is 0 Å². The Kier molecular flexibility index (Phi) is 3.37. The minimum atomic E-state index is 0.247. The van der Waals surface area contributed by atoms with Gasteiger partial charge in [-0.3, -0.25) is 4.98 Å². The van der Waals surface area contributed by atoms with Crippen LogP contribution < -0.4 is 4.90 Å². The van der Waals surface area contributed by atoms with E-state index in [4.69, 9.17) is 10.4 Å². The summed E-state index contributed by atoms with van der Waals surface area (Å²) in [5.41, 5.74) is 1.60. The molecule has 0 saturated carbocycles. The summed E-state index contributed by atoms with van der Waals surface area (Å²) in [6, 6.07) is 3.93. The van der Waals surface area contributed by atoms with Crippen LogP contribution in [0.1, 0.15) is 18.4 Å². The summed E-state index contributed by atoms with van der Waals surface area (Å²) >= 11 is 0. The molecule has 0 spiro atoms. The van der Waals surface area contributed by atoms with Gasteiger partial charge in [-0.15, -0.1) is 0 Å². The van der Waals surface area contributed by atoms with Gasteiger partial charge in [0.05, 0.1) is 17.4 Å². The maximum Gasteiger partial charge on any atom is 0.101 e. The SMILES string of the molecule is N#Cc1ccncc1N1CCC(CCO)C1. The first-order valence-electron chi connectivity index (χ1n) is 5.55. The molecule has 84 valence electrons. The van der Waals surface area contributed by atoms with Crippen LogP contribution in [0, 0.1) is 17.2 Å². The summed E-state index contributed by atoms with van der Waals surface area (Å²) in [6.45, 7) is 2.11. The third-order valence-corrected chi connectivity index (χ3v) is 3.08. The van der Waals surface area contributed by atoms with Crippen LogP contribution in [0.25, 0.3) is 0 Å². The zero-order valence-electron chi connectivity index (χ0n) is 9.13. The van der Waals surface area contributed by atoms with Gasteiger partial charge in [0, 0.05) is 25.9 Å². The number of anilines is 1. The first kappa shape index (κ1) is 10.9. The zero-order valence-corrected chi connectivity index (χ0v) is 9.13. The van der Waals surface area contributed by atoms with E-state index >= 15 is 0 Å². The molecule has 1 N–H and O–H groups in total. The van der Waals surface area contributed by atoms with Gasteiger partial charge in [-0.1, -0.05) is 0 Å². The maximum absolute atomic E-state index is 9.00. The van der Waals surface area contributed by atoms with Crippen LogP contribution in [0.5, 0.6) is 0 Å². The maximum atomic E-state index is 9.00. The van der Waals surface area contributed by atoms with Crippen LogP contribution in [-0.4, -0.2) is 29.8 Å². The minimum Gasteiger partial charge on any atom is -0.396 e. The van der Waals surface area contributed by atoms with Crippen LogP contribution >= 0.6 is 0 Å². The molecule has 0 radical (unpaired) electrons. The summed E-state index contributed by atoms with van der Waals surface area (Å²) in [6.07, 6.45) is 5.32. The van der Waals surface area contributed by atoms with E-state index in [0.29, 0.717) is 11.5 Å². The molecule has 4 heteroatoms. The molecule has 1 unspecified atom stereocenters. The molecule has 0 amide bonds. The predicted octanol–water partition coefficient (Wildman–Crippen LogP) is 1.16. The third-order valence-electron chi connectivity index (χ3n) is 3.08. The average molecular weight is 217 g/mol. The van der Waals surface area contributed by atoms with Gasteiger partial charge in [0.15, 0.2) is 0 Å². The Morgan fingerprint density at radius 3 is 3.25 bits per heavy atom. The lowest BCUT2D eigenvalue weighted by atomic mass is 10.1. The summed E-state index contributed by atoms with van der Waals surface area (Å²) < 4.78 is 0. The van der Waals surface area contributed by atoms with Crippen LogP contribution in [-0.2, 0) is 0 Å². The summed E-state index contributed by atoms with van der Waals surface area (Å²) in [7, 11) is 0. The zero-order chi connectivity index (χ0) is 11.4. The lowest BCUT2D eigenvalue weighted by Crippen LogP contribution is -2.21. The molecule has 2 heterocycles. The van der Waals surface area contributed by atoms with E-state index in [9.17, 15) is 0 Å². The van der Waals surface area contributed by atoms with Crippen LogP contribution in [0.4, 0.5) is 5.69 Å². The van der Waals surface area contributed by atoms with Crippen molar-refractivity contribution in [2.75, 3.05) is 24.6 Å². The lowest BCUT2D eigenvalue weighted by Gasteiger charge is -2.19. The number of aliphatic hydroxyl groups is 1. The third kappa shape index (κ3) is 2.15. The van der Waals surface area contributed by atoms with Gasteiger partial charge in [-0.05, 0) is 24.8 Å². The fraction of sp³-hybridized carbons (Fsp3) is 0.500. The Balaban J connectivity index is 2.12. The van der Waals surface area contributed by atoms with Crippen molar-refractivity contribution >= 4 is 5.69 Å². The Bertz CT molecular complexity index is 399. The smallest absolute Gasteiger partial charge is 0.101 e. The van der Waals surface area contributed by atoms with Crippen molar-refractivity contribution in [3.63, 3.8) is 0 Å². The van der Waals surface area contributed by atoms with E-state index in [0.717, 1.165) is 31.6 Å².